The van der Waals surface area contributed by atoms with Crippen LogP contribution in [0, 0.1) is 0 Å². The third-order valence-electron chi connectivity index (χ3n) is 6.78. The maximum absolute atomic E-state index is 13.0. The molecule has 0 bridgehead atoms. The molecule has 186 valence electrons. The van der Waals surface area contributed by atoms with Gasteiger partial charge >= 0.3 is 0 Å². The molecule has 3 aliphatic heterocycles. The Bertz CT molecular complexity index is 1290. The molecule has 2 N–H and O–H groups in total. The molecule has 3 aliphatic rings. The van der Waals surface area contributed by atoms with E-state index in [2.05, 4.69) is 10.4 Å². The molecule has 2 saturated heterocycles. The minimum absolute atomic E-state index is 0.118. The predicted octanol–water partition coefficient (Wildman–Crippen LogP) is 2.31. The summed E-state index contributed by atoms with van der Waals surface area (Å²) in [6.07, 6.45) is 3.53. The van der Waals surface area contributed by atoms with E-state index >= 15 is 0 Å². The number of carbonyl (C=O) groups is 3. The van der Waals surface area contributed by atoms with Gasteiger partial charge in [0.1, 0.15) is 30.3 Å². The standard InChI is InChI=1S/C26H26N4O6/c31-24-9-8-22(25(32)27-24)29-13-21-20(26(29)33)2-1-3-23(21)35-14-16-12-30(28-16)17-4-6-18(7-5-17)36-19-10-11-34-15-19/h1-7,12,19,22,28H,8-11,13-15H2,(H,27,31,32)/t19-,22?/m0/s1. The van der Waals surface area contributed by atoms with E-state index in [0.717, 1.165) is 35.7 Å². The molecule has 0 saturated carbocycles. The Morgan fingerprint density at radius 3 is 2.64 bits per heavy atom. The number of benzene rings is 2. The van der Waals surface area contributed by atoms with Crippen LogP contribution < -0.4 is 14.8 Å². The summed E-state index contributed by atoms with van der Waals surface area (Å²) in [5, 5.41) is 5.58. The zero-order valence-electron chi connectivity index (χ0n) is 19.6. The number of fused-ring (bicyclic) bond motifs is 1. The van der Waals surface area contributed by atoms with E-state index in [1.165, 1.54) is 4.90 Å². The van der Waals surface area contributed by atoms with Crippen molar-refractivity contribution in [1.82, 2.24) is 20.0 Å². The van der Waals surface area contributed by atoms with Crippen LogP contribution in [0.2, 0.25) is 0 Å². The number of hydrogen-bond donors (Lipinski definition) is 2. The Labute approximate surface area is 207 Å². The average molecular weight is 491 g/mol. The normalized spacial score (nSPS) is 21.6. The molecular weight excluding hydrogens is 464 g/mol. The number of piperidine rings is 1. The minimum Gasteiger partial charge on any atom is -0.488 e. The van der Waals surface area contributed by atoms with Gasteiger partial charge in [0.15, 0.2) is 0 Å². The van der Waals surface area contributed by atoms with Gasteiger partial charge in [0.2, 0.25) is 11.8 Å². The van der Waals surface area contributed by atoms with Crippen LogP contribution in [-0.4, -0.2) is 57.8 Å². The second kappa shape index (κ2) is 9.19. The molecule has 1 unspecified atom stereocenters. The average Bonchev–Trinajstić information content (AvgIpc) is 3.47. The van der Waals surface area contributed by atoms with Crippen molar-refractivity contribution in [3.8, 4) is 17.2 Å². The fraction of sp³-hybridized carbons (Fsp3) is 0.346. The number of nitrogens with zero attached hydrogens (tertiary/aromatic N) is 2. The third kappa shape index (κ3) is 4.24. The number of hydrogen-bond acceptors (Lipinski definition) is 6. The van der Waals surface area contributed by atoms with Crippen LogP contribution in [0.1, 0.15) is 40.9 Å². The molecule has 3 aromatic rings. The van der Waals surface area contributed by atoms with Gasteiger partial charge in [-0.2, -0.15) is 0 Å². The highest BCUT2D eigenvalue weighted by Gasteiger charge is 2.40. The van der Waals surface area contributed by atoms with Gasteiger partial charge in [-0.25, -0.2) is 0 Å². The predicted molar refractivity (Wildman–Crippen MR) is 127 cm³/mol. The Morgan fingerprint density at radius 2 is 1.89 bits per heavy atom. The van der Waals surface area contributed by atoms with Crippen LogP contribution in [0.5, 0.6) is 11.5 Å². The highest BCUT2D eigenvalue weighted by molar-refractivity contribution is 6.05. The number of imide groups is 1. The van der Waals surface area contributed by atoms with E-state index in [-0.39, 0.29) is 30.9 Å². The Morgan fingerprint density at radius 1 is 1.06 bits per heavy atom. The third-order valence-corrected chi connectivity index (χ3v) is 6.78. The zero-order chi connectivity index (χ0) is 24.6. The smallest absolute Gasteiger partial charge is 0.255 e. The van der Waals surface area contributed by atoms with Crippen molar-refractivity contribution in [3.05, 3.63) is 65.5 Å². The molecule has 2 aromatic carbocycles. The number of ether oxygens (including phenoxy) is 3. The number of amides is 3. The highest BCUT2D eigenvalue weighted by atomic mass is 16.5. The molecule has 10 heteroatoms. The fourth-order valence-electron chi connectivity index (χ4n) is 4.85. The van der Waals surface area contributed by atoms with Gasteiger partial charge in [-0.05, 0) is 42.8 Å². The summed E-state index contributed by atoms with van der Waals surface area (Å²) in [5.41, 5.74) is 3.15. The van der Waals surface area contributed by atoms with Crippen molar-refractivity contribution >= 4 is 17.7 Å². The molecule has 2 atom stereocenters. The monoisotopic (exact) mass is 490 g/mol. The van der Waals surface area contributed by atoms with Crippen LogP contribution in [0.4, 0.5) is 0 Å². The van der Waals surface area contributed by atoms with Crippen molar-refractivity contribution in [2.24, 2.45) is 0 Å². The largest absolute Gasteiger partial charge is 0.488 e. The van der Waals surface area contributed by atoms with Crippen molar-refractivity contribution in [2.45, 2.75) is 44.6 Å². The van der Waals surface area contributed by atoms with Gasteiger partial charge in [-0.1, -0.05) is 6.07 Å². The number of rotatable bonds is 7. The lowest BCUT2D eigenvalue weighted by atomic mass is 10.0. The summed E-state index contributed by atoms with van der Waals surface area (Å²) in [4.78, 5) is 38.3. The summed E-state index contributed by atoms with van der Waals surface area (Å²) < 4.78 is 19.2. The molecule has 3 amide bonds. The second-order valence-corrected chi connectivity index (χ2v) is 9.20. The Kier molecular flexibility index (Phi) is 5.73. The SMILES string of the molecule is O=C1CCC(N2Cc3c(OCc4cn(-c5ccc(O[C@H]6CCOC6)cc5)[nH]4)cccc3C2=O)C(=O)N1. The topological polar surface area (TPSA) is 115 Å². The van der Waals surface area contributed by atoms with E-state index in [9.17, 15) is 14.4 Å². The van der Waals surface area contributed by atoms with Crippen molar-refractivity contribution < 1.29 is 28.6 Å². The quantitative estimate of drug-likeness (QED) is 0.492. The van der Waals surface area contributed by atoms with Crippen molar-refractivity contribution in [1.29, 1.82) is 0 Å². The van der Waals surface area contributed by atoms with Crippen molar-refractivity contribution in [3.63, 3.8) is 0 Å². The van der Waals surface area contributed by atoms with E-state index in [0.29, 0.717) is 30.9 Å². The molecular formula is C26H26N4O6. The first-order chi connectivity index (χ1) is 17.5. The summed E-state index contributed by atoms with van der Waals surface area (Å²) in [6.45, 7) is 1.96. The lowest BCUT2D eigenvalue weighted by molar-refractivity contribution is -0.136. The molecule has 2 fully saturated rings. The fourth-order valence-corrected chi connectivity index (χ4v) is 4.85. The number of nitrogens with one attached hydrogen (secondary N) is 2. The van der Waals surface area contributed by atoms with E-state index in [4.69, 9.17) is 14.2 Å². The summed E-state index contributed by atoms with van der Waals surface area (Å²) in [5.74, 6) is 0.481. The molecule has 6 rings (SSSR count). The highest BCUT2D eigenvalue weighted by Crippen LogP contribution is 2.34. The summed E-state index contributed by atoms with van der Waals surface area (Å²) >= 11 is 0. The molecule has 0 aliphatic carbocycles. The first-order valence-electron chi connectivity index (χ1n) is 12.1. The summed E-state index contributed by atoms with van der Waals surface area (Å²) in [7, 11) is 0. The molecule has 1 aromatic heterocycles. The molecule has 0 spiro atoms. The van der Waals surface area contributed by atoms with E-state index < -0.39 is 11.9 Å². The van der Waals surface area contributed by atoms with Gasteiger partial charge in [-0.3, -0.25) is 29.5 Å². The van der Waals surface area contributed by atoms with Crippen LogP contribution in [0.3, 0.4) is 0 Å². The van der Waals surface area contributed by atoms with Crippen LogP contribution >= 0.6 is 0 Å². The lowest BCUT2D eigenvalue weighted by Crippen LogP contribution is -2.52. The minimum atomic E-state index is -0.650. The molecule has 4 heterocycles. The maximum atomic E-state index is 13.0. The number of aromatic nitrogens is 2. The Hall–Kier alpha value is -4.05. The molecule has 0 radical (unpaired) electrons. The first-order valence-corrected chi connectivity index (χ1v) is 12.1. The second-order valence-electron chi connectivity index (χ2n) is 9.20. The van der Waals surface area contributed by atoms with Gasteiger partial charge in [0.05, 0.1) is 37.3 Å². The number of H-pyrrole nitrogens is 1. The van der Waals surface area contributed by atoms with Crippen molar-refractivity contribution in [2.75, 3.05) is 13.2 Å². The van der Waals surface area contributed by atoms with Crippen LogP contribution in [-0.2, 0) is 27.5 Å². The van der Waals surface area contributed by atoms with E-state index in [1.807, 2.05) is 41.2 Å². The van der Waals surface area contributed by atoms with Gasteiger partial charge < -0.3 is 19.1 Å². The zero-order valence-corrected chi connectivity index (χ0v) is 19.6. The van der Waals surface area contributed by atoms with Gasteiger partial charge in [-0.15, -0.1) is 0 Å². The number of carbonyl (C=O) groups excluding carboxylic acids is 3. The Balaban J connectivity index is 1.08. The van der Waals surface area contributed by atoms with Gasteiger partial charge in [0.25, 0.3) is 5.91 Å². The maximum Gasteiger partial charge on any atom is 0.255 e. The van der Waals surface area contributed by atoms with E-state index in [1.54, 1.807) is 12.1 Å². The lowest BCUT2D eigenvalue weighted by Gasteiger charge is -2.29. The number of aromatic amines is 1. The van der Waals surface area contributed by atoms with Crippen LogP contribution in [0.15, 0.2) is 48.7 Å². The first kappa shape index (κ1) is 22.4. The summed E-state index contributed by atoms with van der Waals surface area (Å²) in [6, 6.07) is 12.5. The van der Waals surface area contributed by atoms with Gasteiger partial charge in [0, 0.05) is 24.0 Å². The van der Waals surface area contributed by atoms with Crippen LogP contribution in [0.25, 0.3) is 5.69 Å². The molecule has 36 heavy (non-hydrogen) atoms. The molecule has 10 nitrogen and oxygen atoms in total.